The summed E-state index contributed by atoms with van der Waals surface area (Å²) in [7, 11) is 6.90. The van der Waals surface area contributed by atoms with Crippen LogP contribution in [0.25, 0.3) is 0 Å². The Hall–Kier alpha value is -0.810. The summed E-state index contributed by atoms with van der Waals surface area (Å²) in [6.07, 6.45) is 0.0301. The molecule has 0 aliphatic rings. The van der Waals surface area contributed by atoms with Crippen molar-refractivity contribution in [1.82, 2.24) is 9.80 Å². The highest BCUT2D eigenvalue weighted by molar-refractivity contribution is 5.72. The van der Waals surface area contributed by atoms with Gasteiger partial charge < -0.3 is 20.0 Å². The van der Waals surface area contributed by atoms with Gasteiger partial charge in [-0.1, -0.05) is 0 Å². The van der Waals surface area contributed by atoms with Gasteiger partial charge in [0.15, 0.2) is 0 Å². The van der Waals surface area contributed by atoms with Gasteiger partial charge in [-0.25, -0.2) is 4.79 Å². The van der Waals surface area contributed by atoms with Gasteiger partial charge in [-0.3, -0.25) is 0 Å². The van der Waals surface area contributed by atoms with E-state index >= 15 is 0 Å². The number of rotatable bonds is 2. The largest absolute Gasteiger partial charge is 0.393 e. The maximum atomic E-state index is 10.7. The molecule has 2 N–H and O–H groups in total. The predicted molar refractivity (Wildman–Crippen MR) is 65.4 cm³/mol. The monoisotopic (exact) mass is 234 g/mol. The summed E-state index contributed by atoms with van der Waals surface area (Å²) in [5.74, 6) is 0. The van der Waals surface area contributed by atoms with Crippen molar-refractivity contribution in [2.75, 3.05) is 28.2 Å². The highest BCUT2D eigenvalue weighted by Crippen LogP contribution is 2.09. The predicted octanol–water partition coefficient (Wildman–Crippen LogP) is 0.758. The van der Waals surface area contributed by atoms with Gasteiger partial charge >= 0.3 is 6.03 Å². The first-order valence-electron chi connectivity index (χ1n) is 5.26. The Balaban J connectivity index is 0. The Morgan fingerprint density at radius 1 is 1.19 bits per heavy atom. The molecule has 0 aromatic heterocycles. The maximum absolute atomic E-state index is 10.7. The fourth-order valence-corrected chi connectivity index (χ4v) is 1.12. The third-order valence-corrected chi connectivity index (χ3v) is 1.56. The molecule has 0 heterocycles. The lowest BCUT2D eigenvalue weighted by Crippen LogP contribution is -2.33. The Morgan fingerprint density at radius 3 is 1.50 bits per heavy atom. The molecule has 5 heteroatoms. The normalized spacial score (nSPS) is 12.3. The van der Waals surface area contributed by atoms with Crippen LogP contribution < -0.4 is 0 Å². The van der Waals surface area contributed by atoms with E-state index in [9.17, 15) is 4.79 Å². The van der Waals surface area contributed by atoms with Crippen LogP contribution in [-0.4, -0.2) is 65.9 Å². The van der Waals surface area contributed by atoms with E-state index < -0.39 is 11.7 Å². The number of carbonyl (C=O) groups excluding carboxylic acids is 1. The molecule has 0 aromatic rings. The number of carbonyl (C=O) groups is 1. The van der Waals surface area contributed by atoms with Crippen LogP contribution in [0, 0.1) is 0 Å². The highest BCUT2D eigenvalue weighted by atomic mass is 16.3. The number of hydrogen-bond donors (Lipinski definition) is 2. The summed E-state index contributed by atoms with van der Waals surface area (Å²) in [6, 6.07) is 0.0185. The van der Waals surface area contributed by atoms with E-state index in [1.54, 1.807) is 49.0 Å². The second-order valence-electron chi connectivity index (χ2n) is 4.94. The van der Waals surface area contributed by atoms with Crippen LogP contribution in [0.5, 0.6) is 0 Å². The summed E-state index contributed by atoms with van der Waals surface area (Å²) in [5.41, 5.74) is -0.728. The summed E-state index contributed by atoms with van der Waals surface area (Å²) >= 11 is 0. The summed E-state index contributed by atoms with van der Waals surface area (Å²) in [4.78, 5) is 13.8. The van der Waals surface area contributed by atoms with Gasteiger partial charge in [-0.05, 0) is 20.8 Å². The molecule has 0 bridgehead atoms. The molecule has 5 nitrogen and oxygen atoms in total. The van der Waals surface area contributed by atoms with E-state index in [-0.39, 0.29) is 6.03 Å². The number of urea groups is 1. The fraction of sp³-hybridized carbons (Fsp3) is 0.909. The zero-order chi connectivity index (χ0) is 13.5. The highest BCUT2D eigenvalue weighted by Gasteiger charge is 2.14. The minimum absolute atomic E-state index is 0.0185. The standard InChI is InChI=1S/C6H14O2.C5H12N2O/c1-5(7)4-6(2,3)8;1-6(2)5(8)7(3)4/h5,7-8H,4H2,1-3H3;1-4H3. The zero-order valence-electron chi connectivity index (χ0n) is 11.5. The van der Waals surface area contributed by atoms with E-state index in [2.05, 4.69) is 0 Å². The van der Waals surface area contributed by atoms with Gasteiger partial charge in [0, 0.05) is 34.6 Å². The summed E-state index contributed by atoms with van der Waals surface area (Å²) < 4.78 is 0. The Kier molecular flexibility index (Phi) is 8.20. The van der Waals surface area contributed by atoms with Crippen molar-refractivity contribution >= 4 is 6.03 Å². The van der Waals surface area contributed by atoms with Crippen molar-refractivity contribution in [2.45, 2.75) is 38.9 Å². The second-order valence-corrected chi connectivity index (χ2v) is 4.94. The van der Waals surface area contributed by atoms with Crippen molar-refractivity contribution in [2.24, 2.45) is 0 Å². The first-order valence-corrected chi connectivity index (χ1v) is 5.26. The minimum Gasteiger partial charge on any atom is -0.393 e. The van der Waals surface area contributed by atoms with Crippen molar-refractivity contribution < 1.29 is 15.0 Å². The average molecular weight is 234 g/mol. The van der Waals surface area contributed by atoms with E-state index in [0.717, 1.165) is 0 Å². The van der Waals surface area contributed by atoms with E-state index in [1.807, 2.05) is 0 Å². The third-order valence-electron chi connectivity index (χ3n) is 1.56. The molecule has 2 amide bonds. The lowest BCUT2D eigenvalue weighted by atomic mass is 10.0. The third kappa shape index (κ3) is 13.2. The van der Waals surface area contributed by atoms with Crippen LogP contribution in [0.2, 0.25) is 0 Å². The lowest BCUT2D eigenvalue weighted by Gasteiger charge is -2.17. The minimum atomic E-state index is -0.728. The molecule has 0 rings (SSSR count). The van der Waals surface area contributed by atoms with E-state index in [4.69, 9.17) is 10.2 Å². The zero-order valence-corrected chi connectivity index (χ0v) is 11.5. The maximum Gasteiger partial charge on any atom is 0.318 e. The number of aliphatic hydroxyl groups is 2. The van der Waals surface area contributed by atoms with Crippen LogP contribution in [0.3, 0.4) is 0 Å². The van der Waals surface area contributed by atoms with Crippen LogP contribution in [0.4, 0.5) is 4.79 Å². The van der Waals surface area contributed by atoms with Gasteiger partial charge in [-0.2, -0.15) is 0 Å². The van der Waals surface area contributed by atoms with E-state index in [0.29, 0.717) is 6.42 Å². The molecule has 0 aliphatic heterocycles. The smallest absolute Gasteiger partial charge is 0.318 e. The van der Waals surface area contributed by atoms with Gasteiger partial charge in [0.25, 0.3) is 0 Å². The molecule has 0 spiro atoms. The number of hydrogen-bond acceptors (Lipinski definition) is 3. The molecule has 0 radical (unpaired) electrons. The summed E-state index contributed by atoms with van der Waals surface area (Å²) in [6.45, 7) is 5.03. The quantitative estimate of drug-likeness (QED) is 0.741. The molecular formula is C11H26N2O3. The average Bonchev–Trinajstić information content (AvgIpc) is 1.98. The van der Waals surface area contributed by atoms with Gasteiger partial charge in [0.2, 0.25) is 0 Å². The number of aliphatic hydroxyl groups excluding tert-OH is 1. The van der Waals surface area contributed by atoms with Crippen LogP contribution >= 0.6 is 0 Å². The van der Waals surface area contributed by atoms with Crippen molar-refractivity contribution in [3.05, 3.63) is 0 Å². The van der Waals surface area contributed by atoms with Gasteiger partial charge in [0.05, 0.1) is 11.7 Å². The molecule has 98 valence electrons. The van der Waals surface area contributed by atoms with Crippen molar-refractivity contribution in [3.8, 4) is 0 Å². The molecule has 0 saturated carbocycles. The second kappa shape index (κ2) is 7.46. The van der Waals surface area contributed by atoms with E-state index in [1.165, 1.54) is 9.80 Å². The van der Waals surface area contributed by atoms with Crippen LogP contribution in [0.15, 0.2) is 0 Å². The first kappa shape index (κ1) is 17.6. The van der Waals surface area contributed by atoms with Crippen molar-refractivity contribution in [1.29, 1.82) is 0 Å². The fourth-order valence-electron chi connectivity index (χ4n) is 1.12. The Labute approximate surface area is 98.7 Å². The SMILES string of the molecule is CC(O)CC(C)(C)O.CN(C)C(=O)N(C)C. The molecule has 1 unspecified atom stereocenters. The first-order chi connectivity index (χ1) is 6.97. The number of nitrogens with zero attached hydrogens (tertiary/aromatic N) is 2. The number of amides is 2. The van der Waals surface area contributed by atoms with Gasteiger partial charge in [-0.15, -0.1) is 0 Å². The van der Waals surface area contributed by atoms with Crippen LogP contribution in [0.1, 0.15) is 27.2 Å². The molecule has 1 atom stereocenters. The topological polar surface area (TPSA) is 64.0 Å². The Morgan fingerprint density at radius 2 is 1.50 bits per heavy atom. The lowest BCUT2D eigenvalue weighted by molar-refractivity contribution is 0.0249. The molecule has 0 fully saturated rings. The van der Waals surface area contributed by atoms with Crippen molar-refractivity contribution in [3.63, 3.8) is 0 Å². The molecular weight excluding hydrogens is 208 g/mol. The molecule has 0 aromatic carbocycles. The molecule has 0 saturated heterocycles. The molecule has 16 heavy (non-hydrogen) atoms. The Bertz CT molecular complexity index is 186. The van der Waals surface area contributed by atoms with Crippen LogP contribution in [-0.2, 0) is 0 Å². The van der Waals surface area contributed by atoms with Gasteiger partial charge in [0.1, 0.15) is 0 Å². The summed E-state index contributed by atoms with van der Waals surface area (Å²) in [5, 5.41) is 17.8. The molecule has 0 aliphatic carbocycles.